The molecule has 2 unspecified atom stereocenters. The zero-order chi connectivity index (χ0) is 7.56. The average molecular weight is 147 g/mol. The molecule has 1 fully saturated rings. The summed E-state index contributed by atoms with van der Waals surface area (Å²) in [4.78, 5) is 10.4. The van der Waals surface area contributed by atoms with Gasteiger partial charge < -0.3 is 19.9 Å². The van der Waals surface area contributed by atoms with Crippen molar-refractivity contribution in [1.82, 2.24) is 5.32 Å². The summed E-state index contributed by atoms with van der Waals surface area (Å²) in [6, 6.07) is 0. The van der Waals surface area contributed by atoms with Gasteiger partial charge in [-0.05, 0) is 0 Å². The highest BCUT2D eigenvalue weighted by molar-refractivity contribution is 5.66. The molecule has 1 rings (SSSR count). The molecule has 0 aromatic heterocycles. The van der Waals surface area contributed by atoms with E-state index < -0.39 is 12.4 Å². The molecule has 1 amide bonds. The van der Waals surface area contributed by atoms with Crippen molar-refractivity contribution >= 4 is 6.09 Å². The molecule has 0 radical (unpaired) electrons. The molecule has 2 atom stereocenters. The van der Waals surface area contributed by atoms with Crippen molar-refractivity contribution in [3.8, 4) is 0 Å². The largest absolute Gasteiger partial charge is 0.453 e. The van der Waals surface area contributed by atoms with Gasteiger partial charge in [0.15, 0.2) is 6.29 Å². The maximum atomic E-state index is 10.4. The molecule has 10 heavy (non-hydrogen) atoms. The zero-order valence-electron chi connectivity index (χ0n) is 5.53. The van der Waals surface area contributed by atoms with Crippen LogP contribution in [0, 0.1) is 0 Å². The molecule has 5 heteroatoms. The summed E-state index contributed by atoms with van der Waals surface area (Å²) >= 11 is 0. The predicted molar refractivity (Wildman–Crippen MR) is 31.3 cm³/mol. The van der Waals surface area contributed by atoms with Gasteiger partial charge in [0.2, 0.25) is 0 Å². The van der Waals surface area contributed by atoms with Crippen LogP contribution in [-0.4, -0.2) is 37.2 Å². The fraction of sp³-hybridized carbons (Fsp3) is 0.800. The molecule has 1 saturated heterocycles. The fourth-order valence-electron chi connectivity index (χ4n) is 0.539. The van der Waals surface area contributed by atoms with Gasteiger partial charge in [0.1, 0.15) is 6.10 Å². The van der Waals surface area contributed by atoms with E-state index in [4.69, 9.17) is 5.11 Å². The van der Waals surface area contributed by atoms with Gasteiger partial charge in [0, 0.05) is 0 Å². The second-order valence-corrected chi connectivity index (χ2v) is 1.94. The maximum absolute atomic E-state index is 10.4. The summed E-state index contributed by atoms with van der Waals surface area (Å²) in [5.41, 5.74) is 0. The minimum atomic E-state index is -0.711. The monoisotopic (exact) mass is 147 g/mol. The lowest BCUT2D eigenvalue weighted by atomic mass is 10.4. The number of hydrogen-bond acceptors (Lipinski definition) is 4. The highest BCUT2D eigenvalue weighted by atomic mass is 16.7. The predicted octanol–water partition coefficient (Wildman–Crippen LogP) is -0.940. The van der Waals surface area contributed by atoms with Crippen molar-refractivity contribution in [1.29, 1.82) is 0 Å². The Labute approximate surface area is 57.9 Å². The molecule has 1 aliphatic heterocycles. The second kappa shape index (κ2) is 2.85. The Balaban J connectivity index is 2.00. The minimum absolute atomic E-state index is 0.251. The number of aliphatic hydroxyl groups excluding tert-OH is 1. The van der Waals surface area contributed by atoms with E-state index in [9.17, 15) is 4.79 Å². The molecule has 0 aromatic carbocycles. The van der Waals surface area contributed by atoms with Crippen LogP contribution in [0.5, 0.6) is 0 Å². The van der Waals surface area contributed by atoms with E-state index in [0.29, 0.717) is 6.54 Å². The van der Waals surface area contributed by atoms with Crippen molar-refractivity contribution in [2.45, 2.75) is 12.4 Å². The van der Waals surface area contributed by atoms with Crippen LogP contribution in [0.2, 0.25) is 0 Å². The Morgan fingerprint density at radius 1 is 1.90 bits per heavy atom. The normalized spacial score (nSPS) is 29.4. The van der Waals surface area contributed by atoms with Crippen LogP contribution in [0.3, 0.4) is 0 Å². The van der Waals surface area contributed by atoms with E-state index in [1.54, 1.807) is 0 Å². The van der Waals surface area contributed by atoms with E-state index in [2.05, 4.69) is 14.8 Å². The summed E-state index contributed by atoms with van der Waals surface area (Å²) < 4.78 is 8.87. The SMILES string of the molecule is COC(=O)NCC1OC1O. The van der Waals surface area contributed by atoms with Gasteiger partial charge in [-0.15, -0.1) is 0 Å². The summed E-state index contributed by atoms with van der Waals surface area (Å²) in [6.45, 7) is 0.299. The smallest absolute Gasteiger partial charge is 0.406 e. The summed E-state index contributed by atoms with van der Waals surface area (Å²) in [6.07, 6.45) is -1.47. The highest BCUT2D eigenvalue weighted by Gasteiger charge is 2.36. The molecule has 0 bridgehead atoms. The molecule has 0 saturated carbocycles. The Kier molecular flexibility index (Phi) is 2.08. The van der Waals surface area contributed by atoms with Crippen LogP contribution in [-0.2, 0) is 9.47 Å². The summed E-state index contributed by atoms with van der Waals surface area (Å²) in [5.74, 6) is 0. The van der Waals surface area contributed by atoms with Crippen LogP contribution in [0.25, 0.3) is 0 Å². The number of nitrogens with one attached hydrogen (secondary N) is 1. The molecule has 0 spiro atoms. The number of rotatable bonds is 2. The molecular formula is C5H9NO4. The number of alkyl carbamates (subject to hydrolysis) is 1. The molecule has 58 valence electrons. The van der Waals surface area contributed by atoms with Crippen molar-refractivity contribution in [2.24, 2.45) is 0 Å². The number of ether oxygens (including phenoxy) is 2. The fourth-order valence-corrected chi connectivity index (χ4v) is 0.539. The van der Waals surface area contributed by atoms with Gasteiger partial charge in [-0.1, -0.05) is 0 Å². The van der Waals surface area contributed by atoms with E-state index in [1.807, 2.05) is 0 Å². The molecule has 5 nitrogen and oxygen atoms in total. The average Bonchev–Trinajstić information content (AvgIpc) is 2.61. The number of carbonyl (C=O) groups is 1. The Hall–Kier alpha value is -0.810. The van der Waals surface area contributed by atoms with E-state index in [-0.39, 0.29) is 6.10 Å². The summed E-state index contributed by atoms with van der Waals surface area (Å²) in [7, 11) is 1.28. The Bertz CT molecular complexity index is 138. The quantitative estimate of drug-likeness (QED) is 0.494. The van der Waals surface area contributed by atoms with Crippen molar-refractivity contribution in [3.63, 3.8) is 0 Å². The Morgan fingerprint density at radius 2 is 2.50 bits per heavy atom. The van der Waals surface area contributed by atoms with Crippen LogP contribution in [0.4, 0.5) is 4.79 Å². The first-order valence-electron chi connectivity index (χ1n) is 2.89. The highest BCUT2D eigenvalue weighted by Crippen LogP contribution is 2.16. The molecule has 2 N–H and O–H groups in total. The van der Waals surface area contributed by atoms with Gasteiger partial charge in [0.05, 0.1) is 13.7 Å². The number of carbonyl (C=O) groups excluding carboxylic acids is 1. The van der Waals surface area contributed by atoms with Gasteiger partial charge >= 0.3 is 6.09 Å². The third kappa shape index (κ3) is 1.85. The van der Waals surface area contributed by atoms with E-state index >= 15 is 0 Å². The van der Waals surface area contributed by atoms with Gasteiger partial charge in [0.25, 0.3) is 0 Å². The molecule has 1 heterocycles. The molecule has 1 aliphatic rings. The number of methoxy groups -OCH3 is 1. The summed E-state index contributed by atoms with van der Waals surface area (Å²) in [5, 5.41) is 11.0. The number of amides is 1. The van der Waals surface area contributed by atoms with Crippen molar-refractivity contribution in [3.05, 3.63) is 0 Å². The molecule has 0 aliphatic carbocycles. The van der Waals surface area contributed by atoms with Crippen molar-refractivity contribution in [2.75, 3.05) is 13.7 Å². The molecule has 0 aromatic rings. The zero-order valence-corrected chi connectivity index (χ0v) is 5.53. The van der Waals surface area contributed by atoms with Gasteiger partial charge in [-0.25, -0.2) is 4.79 Å². The topological polar surface area (TPSA) is 71.1 Å². The first kappa shape index (κ1) is 7.30. The lowest BCUT2D eigenvalue weighted by Gasteiger charge is -1.98. The lowest BCUT2D eigenvalue weighted by Crippen LogP contribution is -2.27. The van der Waals surface area contributed by atoms with Crippen LogP contribution < -0.4 is 5.32 Å². The maximum Gasteiger partial charge on any atom is 0.406 e. The Morgan fingerprint density at radius 3 is 2.90 bits per heavy atom. The first-order valence-corrected chi connectivity index (χ1v) is 2.89. The number of hydrogen-bond donors (Lipinski definition) is 2. The first-order chi connectivity index (χ1) is 4.74. The third-order valence-electron chi connectivity index (χ3n) is 1.19. The number of aliphatic hydroxyl groups is 1. The minimum Gasteiger partial charge on any atom is -0.453 e. The van der Waals surface area contributed by atoms with Crippen LogP contribution in [0.1, 0.15) is 0 Å². The van der Waals surface area contributed by atoms with Crippen LogP contribution >= 0.6 is 0 Å². The van der Waals surface area contributed by atoms with Gasteiger partial charge in [-0.2, -0.15) is 0 Å². The van der Waals surface area contributed by atoms with E-state index in [0.717, 1.165) is 0 Å². The lowest BCUT2D eigenvalue weighted by molar-refractivity contribution is 0.155. The van der Waals surface area contributed by atoms with Crippen LogP contribution in [0.15, 0.2) is 0 Å². The number of epoxide rings is 1. The third-order valence-corrected chi connectivity index (χ3v) is 1.19. The van der Waals surface area contributed by atoms with Gasteiger partial charge in [-0.3, -0.25) is 0 Å². The van der Waals surface area contributed by atoms with Crippen molar-refractivity contribution < 1.29 is 19.4 Å². The second-order valence-electron chi connectivity index (χ2n) is 1.94. The van der Waals surface area contributed by atoms with E-state index in [1.165, 1.54) is 7.11 Å². The molecular weight excluding hydrogens is 138 g/mol. The standard InChI is InChI=1S/C5H9NO4/c1-9-5(8)6-2-3-4(7)10-3/h3-4,7H,2H2,1H3,(H,6,8).